The molecule has 2 atom stereocenters. The Labute approximate surface area is 90.1 Å². The summed E-state index contributed by atoms with van der Waals surface area (Å²) in [6.45, 7) is 3.33. The molecule has 2 heterocycles. The van der Waals surface area contributed by atoms with Crippen molar-refractivity contribution < 1.29 is 9.90 Å². The molecule has 0 bridgehead atoms. The topological polar surface area (TPSA) is 52.6 Å². The second kappa shape index (κ2) is 4.04. The maximum atomic E-state index is 11.2. The number of nitrogens with zero attached hydrogens (tertiary/aromatic N) is 1. The van der Waals surface area contributed by atoms with Crippen LogP contribution in [0.5, 0.6) is 0 Å². The van der Waals surface area contributed by atoms with Crippen molar-refractivity contribution in [2.75, 3.05) is 33.2 Å². The lowest BCUT2D eigenvalue weighted by Crippen LogP contribution is -2.49. The summed E-state index contributed by atoms with van der Waals surface area (Å²) >= 11 is 0. The number of hydrogen-bond donors (Lipinski definition) is 2. The van der Waals surface area contributed by atoms with Gasteiger partial charge in [-0.05, 0) is 20.0 Å². The van der Waals surface area contributed by atoms with E-state index in [4.69, 9.17) is 0 Å². The summed E-state index contributed by atoms with van der Waals surface area (Å²) in [7, 11) is 2.06. The fourth-order valence-electron chi connectivity index (χ4n) is 2.56. The van der Waals surface area contributed by atoms with Crippen molar-refractivity contribution in [1.29, 1.82) is 0 Å². The van der Waals surface area contributed by atoms with E-state index < -0.39 is 11.4 Å². The maximum Gasteiger partial charge on any atom is 0.311 e. The molecule has 82 valence electrons. The van der Waals surface area contributed by atoms with Gasteiger partial charge >= 0.3 is 5.97 Å². The van der Waals surface area contributed by atoms with Crippen LogP contribution in [0.4, 0.5) is 0 Å². The van der Waals surface area contributed by atoms with E-state index in [1.165, 1.54) is 0 Å². The molecule has 2 saturated heterocycles. The first-order valence-electron chi connectivity index (χ1n) is 4.78. The van der Waals surface area contributed by atoms with Crippen molar-refractivity contribution in [3.05, 3.63) is 0 Å². The number of nitrogens with one attached hydrogen (secondary N) is 1. The van der Waals surface area contributed by atoms with Gasteiger partial charge in [-0.1, -0.05) is 0 Å². The summed E-state index contributed by atoms with van der Waals surface area (Å²) in [6.07, 6.45) is 0.788. The third kappa shape index (κ3) is 1.62. The minimum atomic E-state index is -0.615. The Morgan fingerprint density at radius 3 is 3.00 bits per heavy atom. The van der Waals surface area contributed by atoms with Gasteiger partial charge in [0.15, 0.2) is 0 Å². The van der Waals surface area contributed by atoms with Crippen LogP contribution in [0, 0.1) is 11.3 Å². The summed E-state index contributed by atoms with van der Waals surface area (Å²) in [5.74, 6) is -0.320. The molecule has 14 heavy (non-hydrogen) atoms. The fraction of sp³-hybridized carbons (Fsp3) is 0.889. The predicted molar refractivity (Wildman–Crippen MR) is 55.8 cm³/mol. The van der Waals surface area contributed by atoms with E-state index in [0.29, 0.717) is 12.5 Å². The summed E-state index contributed by atoms with van der Waals surface area (Å²) in [6, 6.07) is 0. The molecule has 0 aliphatic carbocycles. The van der Waals surface area contributed by atoms with Crippen molar-refractivity contribution >= 4 is 18.4 Å². The van der Waals surface area contributed by atoms with Crippen molar-refractivity contribution in [3.63, 3.8) is 0 Å². The first-order valence-corrected chi connectivity index (χ1v) is 4.78. The van der Waals surface area contributed by atoms with Gasteiger partial charge in [0.1, 0.15) is 0 Å². The molecule has 0 aromatic rings. The highest BCUT2D eigenvalue weighted by molar-refractivity contribution is 5.85. The van der Waals surface area contributed by atoms with Crippen LogP contribution in [-0.2, 0) is 4.79 Å². The molecule has 0 amide bonds. The number of carboxylic acids is 1. The molecule has 2 aliphatic heterocycles. The van der Waals surface area contributed by atoms with Crippen molar-refractivity contribution in [1.82, 2.24) is 10.2 Å². The van der Waals surface area contributed by atoms with Crippen LogP contribution >= 0.6 is 12.4 Å². The van der Waals surface area contributed by atoms with Gasteiger partial charge in [0.2, 0.25) is 0 Å². The molecule has 2 rings (SSSR count). The number of fused-ring (bicyclic) bond motifs is 1. The summed E-state index contributed by atoms with van der Waals surface area (Å²) < 4.78 is 0. The van der Waals surface area contributed by atoms with Gasteiger partial charge in [0, 0.05) is 25.6 Å². The van der Waals surface area contributed by atoms with Gasteiger partial charge in [0.05, 0.1) is 5.41 Å². The predicted octanol–water partition coefficient (Wildman–Crippen LogP) is 0.0341. The van der Waals surface area contributed by atoms with Crippen LogP contribution < -0.4 is 5.32 Å². The molecular weight excluding hydrogens is 204 g/mol. The Morgan fingerprint density at radius 2 is 2.36 bits per heavy atom. The Kier molecular flexibility index (Phi) is 3.40. The molecule has 4 nitrogen and oxygen atoms in total. The number of piperidine rings is 1. The molecular formula is C9H17ClN2O2. The number of carboxylic acid groups (broad SMARTS) is 1. The van der Waals surface area contributed by atoms with Crippen LogP contribution in [0.2, 0.25) is 0 Å². The van der Waals surface area contributed by atoms with E-state index in [1.807, 2.05) is 0 Å². The smallest absolute Gasteiger partial charge is 0.311 e. The average molecular weight is 221 g/mol. The van der Waals surface area contributed by atoms with Crippen molar-refractivity contribution in [2.24, 2.45) is 11.3 Å². The minimum absolute atomic E-state index is 0. The number of halogens is 1. The molecule has 0 saturated carbocycles. The number of carbonyl (C=O) groups is 1. The monoisotopic (exact) mass is 220 g/mol. The van der Waals surface area contributed by atoms with Gasteiger partial charge in [0.25, 0.3) is 0 Å². The number of aliphatic carboxylic acids is 1. The van der Waals surface area contributed by atoms with Gasteiger partial charge in [-0.15, -0.1) is 12.4 Å². The zero-order valence-electron chi connectivity index (χ0n) is 8.32. The van der Waals surface area contributed by atoms with E-state index in [1.54, 1.807) is 0 Å². The molecule has 0 spiro atoms. The molecule has 2 fully saturated rings. The lowest BCUT2D eigenvalue weighted by atomic mass is 9.73. The van der Waals surface area contributed by atoms with Crippen LogP contribution in [0.25, 0.3) is 0 Å². The number of hydrogen-bond acceptors (Lipinski definition) is 3. The van der Waals surface area contributed by atoms with E-state index in [9.17, 15) is 9.90 Å². The largest absolute Gasteiger partial charge is 0.481 e. The first-order chi connectivity index (χ1) is 6.15. The molecule has 0 aromatic carbocycles. The van der Waals surface area contributed by atoms with Crippen molar-refractivity contribution in [2.45, 2.75) is 6.42 Å². The Bertz CT molecular complexity index is 237. The lowest BCUT2D eigenvalue weighted by molar-refractivity contribution is -0.153. The normalized spacial score (nSPS) is 37.4. The second-order valence-electron chi connectivity index (χ2n) is 4.30. The third-order valence-electron chi connectivity index (χ3n) is 3.51. The van der Waals surface area contributed by atoms with E-state index in [-0.39, 0.29) is 12.4 Å². The Hall–Kier alpha value is -0.320. The van der Waals surface area contributed by atoms with E-state index in [2.05, 4.69) is 17.3 Å². The number of rotatable bonds is 1. The Morgan fingerprint density at radius 1 is 1.64 bits per heavy atom. The third-order valence-corrected chi connectivity index (χ3v) is 3.51. The first kappa shape index (κ1) is 11.8. The van der Waals surface area contributed by atoms with Crippen LogP contribution in [0.1, 0.15) is 6.42 Å². The zero-order chi connectivity index (χ0) is 9.47. The van der Waals surface area contributed by atoms with E-state index >= 15 is 0 Å². The quantitative estimate of drug-likeness (QED) is 0.655. The SMILES string of the molecule is CN1CC[C@@]2(C(=O)O)CNC[C@H]2C1.Cl. The molecule has 0 radical (unpaired) electrons. The van der Waals surface area contributed by atoms with Gasteiger partial charge < -0.3 is 15.3 Å². The van der Waals surface area contributed by atoms with Crippen LogP contribution in [-0.4, -0.2) is 49.2 Å². The second-order valence-corrected chi connectivity index (χ2v) is 4.30. The average Bonchev–Trinajstić information content (AvgIpc) is 2.48. The fourth-order valence-corrected chi connectivity index (χ4v) is 2.56. The van der Waals surface area contributed by atoms with Crippen LogP contribution in [0.15, 0.2) is 0 Å². The highest BCUT2D eigenvalue weighted by atomic mass is 35.5. The molecule has 5 heteroatoms. The van der Waals surface area contributed by atoms with Gasteiger partial charge in [-0.2, -0.15) is 0 Å². The zero-order valence-corrected chi connectivity index (χ0v) is 9.14. The van der Waals surface area contributed by atoms with E-state index in [0.717, 1.165) is 26.1 Å². The van der Waals surface area contributed by atoms with Gasteiger partial charge in [-0.3, -0.25) is 4.79 Å². The van der Waals surface area contributed by atoms with Crippen LogP contribution in [0.3, 0.4) is 0 Å². The summed E-state index contributed by atoms with van der Waals surface area (Å²) in [5, 5.41) is 12.4. The molecule has 0 aromatic heterocycles. The highest BCUT2D eigenvalue weighted by Crippen LogP contribution is 2.38. The summed E-state index contributed by atoms with van der Waals surface area (Å²) in [4.78, 5) is 13.4. The molecule has 2 N–H and O–H groups in total. The maximum absolute atomic E-state index is 11.2. The molecule has 2 aliphatic rings. The van der Waals surface area contributed by atoms with Gasteiger partial charge in [-0.25, -0.2) is 0 Å². The lowest BCUT2D eigenvalue weighted by Gasteiger charge is -2.39. The Balaban J connectivity index is 0.000000980. The number of likely N-dealkylation sites (tertiary alicyclic amines) is 1. The standard InChI is InChI=1S/C9H16N2O2.ClH/c1-11-3-2-9(8(12)13)6-10-4-7(9)5-11;/h7,10H,2-6H2,1H3,(H,12,13);1H/t7-,9+;/m0./s1. The summed E-state index contributed by atoms with van der Waals surface area (Å²) in [5.41, 5.74) is -0.466. The molecule has 0 unspecified atom stereocenters. The highest BCUT2D eigenvalue weighted by Gasteiger charge is 2.51. The van der Waals surface area contributed by atoms with Crippen molar-refractivity contribution in [3.8, 4) is 0 Å². The minimum Gasteiger partial charge on any atom is -0.481 e.